The molecule has 1 spiro atoms. The maximum atomic E-state index is 13.4. The van der Waals surface area contributed by atoms with Crippen molar-refractivity contribution >= 4 is 11.8 Å². The molecule has 3 fully saturated rings. The van der Waals surface area contributed by atoms with Crippen LogP contribution in [-0.4, -0.2) is 60.0 Å². The predicted octanol–water partition coefficient (Wildman–Crippen LogP) is 3.24. The topological polar surface area (TPSA) is 49.9 Å². The quantitative estimate of drug-likeness (QED) is 0.799. The summed E-state index contributed by atoms with van der Waals surface area (Å²) in [6, 6.07) is 5.87. The molecule has 0 aliphatic carbocycles. The van der Waals surface area contributed by atoms with Crippen molar-refractivity contribution in [3.8, 4) is 0 Å². The molecule has 4 rings (SSSR count). The molecule has 152 valence electrons. The van der Waals surface area contributed by atoms with Crippen molar-refractivity contribution in [1.82, 2.24) is 9.80 Å². The Labute approximate surface area is 165 Å². The molecular formula is C22H29FN2O3. The van der Waals surface area contributed by atoms with Crippen molar-refractivity contribution in [1.29, 1.82) is 0 Å². The van der Waals surface area contributed by atoms with Crippen LogP contribution in [0, 0.1) is 11.7 Å². The predicted molar refractivity (Wildman–Crippen MR) is 103 cm³/mol. The summed E-state index contributed by atoms with van der Waals surface area (Å²) in [7, 11) is 0. The van der Waals surface area contributed by atoms with Crippen LogP contribution in [0.4, 0.5) is 4.39 Å². The van der Waals surface area contributed by atoms with Crippen molar-refractivity contribution in [3.63, 3.8) is 0 Å². The fraction of sp³-hybridized carbons (Fsp3) is 0.636. The number of nitrogens with zero attached hydrogens (tertiary/aromatic N) is 2. The molecule has 1 atom stereocenters. The number of carbonyl (C=O) groups is 2. The molecule has 2 amide bonds. The van der Waals surface area contributed by atoms with Crippen molar-refractivity contribution in [2.45, 2.75) is 50.5 Å². The molecule has 5 nitrogen and oxygen atoms in total. The van der Waals surface area contributed by atoms with E-state index in [0.717, 1.165) is 51.6 Å². The van der Waals surface area contributed by atoms with Gasteiger partial charge in [0.1, 0.15) is 5.82 Å². The van der Waals surface area contributed by atoms with Crippen LogP contribution in [0.25, 0.3) is 0 Å². The van der Waals surface area contributed by atoms with Crippen LogP contribution in [0.1, 0.15) is 55.3 Å². The minimum absolute atomic E-state index is 0.120. The minimum Gasteiger partial charge on any atom is -0.375 e. The summed E-state index contributed by atoms with van der Waals surface area (Å²) in [5, 5.41) is 0. The van der Waals surface area contributed by atoms with Gasteiger partial charge in [0.25, 0.3) is 5.91 Å². The largest absolute Gasteiger partial charge is 0.375 e. The van der Waals surface area contributed by atoms with E-state index in [1.54, 1.807) is 17.0 Å². The molecule has 1 aromatic rings. The minimum atomic E-state index is -0.388. The van der Waals surface area contributed by atoms with Gasteiger partial charge in [0.05, 0.1) is 5.60 Å². The molecule has 6 heteroatoms. The molecule has 3 heterocycles. The highest BCUT2D eigenvalue weighted by atomic mass is 19.1. The highest BCUT2D eigenvalue weighted by Gasteiger charge is 2.42. The Bertz CT molecular complexity index is 724. The van der Waals surface area contributed by atoms with Crippen LogP contribution in [0.15, 0.2) is 24.3 Å². The van der Waals surface area contributed by atoms with Crippen molar-refractivity contribution in [2.24, 2.45) is 5.92 Å². The van der Waals surface area contributed by atoms with Gasteiger partial charge < -0.3 is 14.5 Å². The van der Waals surface area contributed by atoms with Crippen molar-refractivity contribution < 1.29 is 18.7 Å². The molecule has 0 N–H and O–H groups in total. The van der Waals surface area contributed by atoms with Gasteiger partial charge in [0.2, 0.25) is 5.91 Å². The Morgan fingerprint density at radius 2 is 1.86 bits per heavy atom. The fourth-order valence-corrected chi connectivity index (χ4v) is 4.92. The zero-order valence-corrected chi connectivity index (χ0v) is 16.4. The Balaban J connectivity index is 1.32. The Kier molecular flexibility index (Phi) is 5.67. The number of hydrogen-bond acceptors (Lipinski definition) is 3. The van der Waals surface area contributed by atoms with E-state index in [9.17, 15) is 14.0 Å². The van der Waals surface area contributed by atoms with Gasteiger partial charge in [-0.15, -0.1) is 0 Å². The first kappa shape index (κ1) is 19.4. The second-order valence-electron chi connectivity index (χ2n) is 8.48. The third kappa shape index (κ3) is 4.22. The van der Waals surface area contributed by atoms with Crippen molar-refractivity contribution in [2.75, 3.05) is 32.8 Å². The average Bonchev–Trinajstić information content (AvgIpc) is 3.23. The summed E-state index contributed by atoms with van der Waals surface area (Å²) in [6.07, 6.45) is 6.26. The highest BCUT2D eigenvalue weighted by molar-refractivity contribution is 5.94. The molecule has 3 saturated heterocycles. The van der Waals surface area contributed by atoms with E-state index in [-0.39, 0.29) is 17.3 Å². The highest BCUT2D eigenvalue weighted by Crippen LogP contribution is 2.39. The van der Waals surface area contributed by atoms with Gasteiger partial charge in [-0.1, -0.05) is 6.07 Å². The number of piperidine rings is 1. The lowest BCUT2D eigenvalue weighted by atomic mass is 9.78. The number of rotatable bonds is 3. The van der Waals surface area contributed by atoms with Gasteiger partial charge >= 0.3 is 0 Å². The maximum Gasteiger partial charge on any atom is 0.253 e. The number of benzene rings is 1. The summed E-state index contributed by atoms with van der Waals surface area (Å²) in [5.41, 5.74) is 0.182. The van der Waals surface area contributed by atoms with Crippen LogP contribution in [0.2, 0.25) is 0 Å². The van der Waals surface area contributed by atoms with Gasteiger partial charge in [-0.3, -0.25) is 9.59 Å². The Morgan fingerprint density at radius 3 is 2.57 bits per heavy atom. The Morgan fingerprint density at radius 1 is 1.11 bits per heavy atom. The lowest BCUT2D eigenvalue weighted by Crippen LogP contribution is -2.51. The van der Waals surface area contributed by atoms with E-state index in [4.69, 9.17) is 4.74 Å². The summed E-state index contributed by atoms with van der Waals surface area (Å²) in [4.78, 5) is 29.0. The van der Waals surface area contributed by atoms with Crippen LogP contribution in [0.3, 0.4) is 0 Å². The third-order valence-corrected chi connectivity index (χ3v) is 6.55. The smallest absolute Gasteiger partial charge is 0.253 e. The standard InChI is InChI=1S/C22H29FN2O3/c23-19-5-3-4-18(15-19)21(27)25-11-7-22(8-12-25)16-17(6-13-28-22)14-20(26)24-9-1-2-10-24/h3-5,15,17H,1-2,6-14,16H2. The maximum absolute atomic E-state index is 13.4. The van der Waals surface area contributed by atoms with Crippen molar-refractivity contribution in [3.05, 3.63) is 35.6 Å². The molecule has 1 aromatic carbocycles. The second kappa shape index (κ2) is 8.19. The van der Waals surface area contributed by atoms with E-state index in [1.165, 1.54) is 12.1 Å². The van der Waals surface area contributed by atoms with E-state index >= 15 is 0 Å². The molecule has 28 heavy (non-hydrogen) atoms. The zero-order valence-electron chi connectivity index (χ0n) is 16.4. The number of likely N-dealkylation sites (tertiary alicyclic amines) is 2. The molecule has 3 aliphatic heterocycles. The van der Waals surface area contributed by atoms with E-state index in [2.05, 4.69) is 0 Å². The van der Waals surface area contributed by atoms with Crippen LogP contribution >= 0.6 is 0 Å². The molecule has 0 radical (unpaired) electrons. The summed E-state index contributed by atoms with van der Waals surface area (Å²) < 4.78 is 19.6. The molecule has 0 aromatic heterocycles. The first-order valence-electron chi connectivity index (χ1n) is 10.5. The zero-order chi connectivity index (χ0) is 19.6. The van der Waals surface area contributed by atoms with Gasteiger partial charge in [0.15, 0.2) is 0 Å². The van der Waals surface area contributed by atoms with Crippen LogP contribution in [-0.2, 0) is 9.53 Å². The lowest BCUT2D eigenvalue weighted by Gasteiger charge is -2.46. The summed E-state index contributed by atoms with van der Waals surface area (Å²) in [6.45, 7) is 3.73. The number of halogens is 1. The van der Waals surface area contributed by atoms with E-state index in [1.807, 2.05) is 4.90 Å². The van der Waals surface area contributed by atoms with Gasteiger partial charge in [-0.05, 0) is 62.6 Å². The van der Waals surface area contributed by atoms with Gasteiger partial charge in [-0.2, -0.15) is 0 Å². The Hall–Kier alpha value is -1.95. The number of amides is 2. The molecule has 0 bridgehead atoms. The van der Waals surface area contributed by atoms with E-state index < -0.39 is 0 Å². The van der Waals surface area contributed by atoms with Crippen LogP contribution < -0.4 is 0 Å². The normalized spacial score (nSPS) is 24.5. The second-order valence-corrected chi connectivity index (χ2v) is 8.48. The molecular weight excluding hydrogens is 359 g/mol. The molecule has 3 aliphatic rings. The average molecular weight is 388 g/mol. The summed E-state index contributed by atoms with van der Waals surface area (Å²) >= 11 is 0. The van der Waals surface area contributed by atoms with Gasteiger partial charge in [-0.25, -0.2) is 4.39 Å². The first-order valence-corrected chi connectivity index (χ1v) is 10.5. The summed E-state index contributed by atoms with van der Waals surface area (Å²) in [5.74, 6) is 0.150. The monoisotopic (exact) mass is 388 g/mol. The number of hydrogen-bond donors (Lipinski definition) is 0. The van der Waals surface area contributed by atoms with Crippen LogP contribution in [0.5, 0.6) is 0 Å². The number of carbonyl (C=O) groups excluding carboxylic acids is 2. The lowest BCUT2D eigenvalue weighted by molar-refractivity contribution is -0.140. The SMILES string of the molecule is O=C(CC1CCOC2(CCN(C(=O)c3cccc(F)c3)CC2)C1)N1CCCC1. The molecule has 1 unspecified atom stereocenters. The van der Waals surface area contributed by atoms with Gasteiger partial charge in [0, 0.05) is 44.8 Å². The third-order valence-electron chi connectivity index (χ3n) is 6.55. The fourth-order valence-electron chi connectivity index (χ4n) is 4.92. The van der Waals surface area contributed by atoms with E-state index in [0.29, 0.717) is 43.5 Å². The number of ether oxygens (including phenoxy) is 1. The first-order chi connectivity index (χ1) is 13.5. The molecule has 0 saturated carbocycles.